The second-order valence-corrected chi connectivity index (χ2v) is 8.57. The second-order valence-electron chi connectivity index (χ2n) is 8.57. The maximum Gasteiger partial charge on any atom is 0.573 e. The van der Waals surface area contributed by atoms with Crippen molar-refractivity contribution in [3.05, 3.63) is 84.6 Å². The molecule has 184 valence electrons. The minimum atomic E-state index is -4.79. The van der Waals surface area contributed by atoms with Gasteiger partial charge in [-0.2, -0.15) is 0 Å². The van der Waals surface area contributed by atoms with Crippen molar-refractivity contribution in [1.29, 1.82) is 0 Å². The fourth-order valence-electron chi connectivity index (χ4n) is 4.28. The maximum atomic E-state index is 13.0. The molecule has 0 aliphatic carbocycles. The quantitative estimate of drug-likeness (QED) is 0.377. The zero-order valence-electron chi connectivity index (χ0n) is 19.0. The van der Waals surface area contributed by atoms with Crippen LogP contribution in [0.3, 0.4) is 0 Å². The van der Waals surface area contributed by atoms with Gasteiger partial charge in [-0.25, -0.2) is 4.98 Å². The Morgan fingerprint density at radius 2 is 1.78 bits per heavy atom. The Morgan fingerprint density at radius 3 is 2.47 bits per heavy atom. The number of aliphatic hydroxyl groups is 1. The summed E-state index contributed by atoms with van der Waals surface area (Å²) in [6.07, 6.45) is -3.14. The van der Waals surface area contributed by atoms with Crippen molar-refractivity contribution in [2.75, 3.05) is 23.3 Å². The van der Waals surface area contributed by atoms with Crippen molar-refractivity contribution in [3.63, 3.8) is 0 Å². The van der Waals surface area contributed by atoms with E-state index in [1.165, 1.54) is 18.3 Å². The predicted octanol–water partition coefficient (Wildman–Crippen LogP) is 5.62. The summed E-state index contributed by atoms with van der Waals surface area (Å²) < 4.78 is 41.0. The molecule has 3 aromatic carbocycles. The summed E-state index contributed by atoms with van der Waals surface area (Å²) in [5.74, 6) is -0.160. The number of nitrogens with zero attached hydrogens (tertiary/aromatic N) is 2. The van der Waals surface area contributed by atoms with Crippen LogP contribution < -0.4 is 15.0 Å². The van der Waals surface area contributed by atoms with Crippen LogP contribution in [0.15, 0.2) is 79.0 Å². The Labute approximate surface area is 205 Å². The summed E-state index contributed by atoms with van der Waals surface area (Å²) in [4.78, 5) is 19.6. The highest BCUT2D eigenvalue weighted by molar-refractivity contribution is 6.05. The number of hydrogen-bond acceptors (Lipinski definition) is 5. The number of anilines is 2. The van der Waals surface area contributed by atoms with Crippen LogP contribution in [-0.4, -0.2) is 41.6 Å². The molecule has 1 fully saturated rings. The fraction of sp³-hybridized carbons (Fsp3) is 0.185. The number of rotatable bonds is 5. The monoisotopic (exact) mass is 493 g/mol. The molecule has 0 bridgehead atoms. The number of halogens is 3. The van der Waals surface area contributed by atoms with Gasteiger partial charge in [-0.05, 0) is 59.2 Å². The Hall–Kier alpha value is -4.11. The summed E-state index contributed by atoms with van der Waals surface area (Å²) in [5.41, 5.74) is 2.23. The summed E-state index contributed by atoms with van der Waals surface area (Å²) in [5, 5.41) is 14.9. The molecule has 9 heteroatoms. The zero-order valence-corrected chi connectivity index (χ0v) is 19.0. The SMILES string of the molecule is O=C(Nc1ccc(OC(F)(F)F)cc1)c1cnc(N2CC[C@@H](O)C2)c(-c2ccc3ccccc3c2)c1. The number of alkyl halides is 3. The Balaban J connectivity index is 1.45. The number of nitrogens with one attached hydrogen (secondary N) is 1. The van der Waals surface area contributed by atoms with E-state index in [2.05, 4.69) is 15.0 Å². The van der Waals surface area contributed by atoms with E-state index in [4.69, 9.17) is 0 Å². The molecule has 0 unspecified atom stereocenters. The third-order valence-electron chi connectivity index (χ3n) is 6.00. The summed E-state index contributed by atoms with van der Waals surface area (Å²) in [6.45, 7) is 1.10. The van der Waals surface area contributed by atoms with Crippen LogP contribution in [0, 0.1) is 0 Å². The van der Waals surface area contributed by atoms with Gasteiger partial charge in [0.1, 0.15) is 11.6 Å². The third-order valence-corrected chi connectivity index (χ3v) is 6.00. The lowest BCUT2D eigenvalue weighted by Gasteiger charge is -2.21. The summed E-state index contributed by atoms with van der Waals surface area (Å²) >= 11 is 0. The molecule has 1 amide bonds. The van der Waals surface area contributed by atoms with Crippen molar-refractivity contribution < 1.29 is 27.8 Å². The highest BCUT2D eigenvalue weighted by atomic mass is 19.4. The Kier molecular flexibility index (Phi) is 6.24. The van der Waals surface area contributed by atoms with E-state index in [-0.39, 0.29) is 11.3 Å². The van der Waals surface area contributed by atoms with E-state index >= 15 is 0 Å². The number of ether oxygens (including phenoxy) is 1. The van der Waals surface area contributed by atoms with Gasteiger partial charge < -0.3 is 20.1 Å². The first-order valence-corrected chi connectivity index (χ1v) is 11.3. The van der Waals surface area contributed by atoms with Crippen LogP contribution in [0.4, 0.5) is 24.7 Å². The van der Waals surface area contributed by atoms with Crippen LogP contribution in [0.25, 0.3) is 21.9 Å². The molecule has 0 saturated carbocycles. The number of pyridine rings is 1. The highest BCUT2D eigenvalue weighted by Crippen LogP contribution is 2.34. The number of amides is 1. The Bertz CT molecular complexity index is 1410. The summed E-state index contributed by atoms with van der Waals surface area (Å²) in [6, 6.07) is 20.6. The number of aliphatic hydroxyl groups excluding tert-OH is 1. The van der Waals surface area contributed by atoms with E-state index in [9.17, 15) is 23.1 Å². The third kappa shape index (κ3) is 5.26. The van der Waals surface area contributed by atoms with Crippen molar-refractivity contribution >= 4 is 28.2 Å². The normalized spacial score (nSPS) is 15.8. The van der Waals surface area contributed by atoms with E-state index in [1.54, 1.807) is 6.07 Å². The number of β-amino-alcohol motifs (C(OH)–C–C–N with tert-alkyl or cyclic N) is 1. The van der Waals surface area contributed by atoms with Gasteiger partial charge in [0.2, 0.25) is 0 Å². The lowest BCUT2D eigenvalue weighted by molar-refractivity contribution is -0.274. The lowest BCUT2D eigenvalue weighted by atomic mass is 10.00. The van der Waals surface area contributed by atoms with Crippen LogP contribution in [0.1, 0.15) is 16.8 Å². The largest absolute Gasteiger partial charge is 0.573 e. The maximum absolute atomic E-state index is 13.0. The molecule has 36 heavy (non-hydrogen) atoms. The second kappa shape index (κ2) is 9.50. The number of carbonyl (C=O) groups excluding carboxylic acids is 1. The molecule has 2 heterocycles. The van der Waals surface area contributed by atoms with Gasteiger partial charge in [-0.3, -0.25) is 4.79 Å². The summed E-state index contributed by atoms with van der Waals surface area (Å²) in [7, 11) is 0. The molecule has 5 rings (SSSR count). The number of benzene rings is 3. The minimum Gasteiger partial charge on any atom is -0.406 e. The van der Waals surface area contributed by atoms with Crippen molar-refractivity contribution in [2.45, 2.75) is 18.9 Å². The minimum absolute atomic E-state index is 0.289. The van der Waals surface area contributed by atoms with Gasteiger partial charge >= 0.3 is 6.36 Å². The first-order chi connectivity index (χ1) is 17.2. The first kappa shape index (κ1) is 23.6. The lowest BCUT2D eigenvalue weighted by Crippen LogP contribution is -2.23. The average Bonchev–Trinajstić information content (AvgIpc) is 3.29. The van der Waals surface area contributed by atoms with E-state index in [0.29, 0.717) is 31.0 Å². The number of hydrogen-bond donors (Lipinski definition) is 2. The topological polar surface area (TPSA) is 74.7 Å². The molecule has 1 saturated heterocycles. The Morgan fingerprint density at radius 1 is 1.03 bits per heavy atom. The van der Waals surface area contributed by atoms with E-state index in [0.717, 1.165) is 34.0 Å². The van der Waals surface area contributed by atoms with Crippen LogP contribution >= 0.6 is 0 Å². The molecule has 6 nitrogen and oxygen atoms in total. The van der Waals surface area contributed by atoms with Gasteiger partial charge in [-0.15, -0.1) is 13.2 Å². The molecule has 1 atom stereocenters. The van der Waals surface area contributed by atoms with Crippen molar-refractivity contribution in [1.82, 2.24) is 4.98 Å². The van der Waals surface area contributed by atoms with E-state index in [1.807, 2.05) is 47.4 Å². The average molecular weight is 493 g/mol. The molecule has 0 spiro atoms. The molecular weight excluding hydrogens is 471 g/mol. The smallest absolute Gasteiger partial charge is 0.406 e. The zero-order chi connectivity index (χ0) is 25.3. The standard InChI is InChI=1S/C27H22F3N3O3/c28-27(29,30)36-23-9-7-21(8-10-23)32-26(35)20-14-24(25(31-15-20)33-12-11-22(34)16-33)19-6-5-17-3-1-2-4-18(17)13-19/h1-10,13-15,22,34H,11-12,16H2,(H,32,35)/t22-/m1/s1. The van der Waals surface area contributed by atoms with Crippen LogP contribution in [0.2, 0.25) is 0 Å². The molecule has 1 aliphatic rings. The van der Waals surface area contributed by atoms with Crippen molar-refractivity contribution in [2.24, 2.45) is 0 Å². The molecule has 4 aromatic rings. The highest BCUT2D eigenvalue weighted by Gasteiger charge is 2.31. The van der Waals surface area contributed by atoms with Crippen molar-refractivity contribution in [3.8, 4) is 16.9 Å². The van der Waals surface area contributed by atoms with E-state index < -0.39 is 18.4 Å². The molecule has 1 aliphatic heterocycles. The van der Waals surface area contributed by atoms with Gasteiger partial charge in [0.05, 0.1) is 11.7 Å². The van der Waals surface area contributed by atoms with Crippen LogP contribution in [-0.2, 0) is 0 Å². The number of aromatic nitrogens is 1. The predicted molar refractivity (Wildman–Crippen MR) is 131 cm³/mol. The van der Waals surface area contributed by atoms with Gasteiger partial charge in [-0.1, -0.05) is 36.4 Å². The molecule has 2 N–H and O–H groups in total. The fourth-order valence-corrected chi connectivity index (χ4v) is 4.28. The van der Waals surface area contributed by atoms with Gasteiger partial charge in [0.25, 0.3) is 5.91 Å². The number of carbonyl (C=O) groups is 1. The van der Waals surface area contributed by atoms with Crippen LogP contribution in [0.5, 0.6) is 5.75 Å². The first-order valence-electron chi connectivity index (χ1n) is 11.3. The van der Waals surface area contributed by atoms with Gasteiger partial charge in [0, 0.05) is 30.5 Å². The van der Waals surface area contributed by atoms with Gasteiger partial charge in [0.15, 0.2) is 0 Å². The molecule has 0 radical (unpaired) electrons. The number of fused-ring (bicyclic) bond motifs is 1. The molecule has 1 aromatic heterocycles. The molecular formula is C27H22F3N3O3.